The highest BCUT2D eigenvalue weighted by Crippen LogP contribution is 2.26. The number of aromatic nitrogens is 2. The fraction of sp³-hybridized carbons (Fsp3) is 0.538. The zero-order valence-corrected chi connectivity index (χ0v) is 13.4. The number of anilines is 1. The molecule has 2 aromatic heterocycles. The van der Waals surface area contributed by atoms with E-state index in [9.17, 15) is 0 Å². The quantitative estimate of drug-likeness (QED) is 0.885. The number of nitrogens with zero attached hydrogens (tertiary/aromatic N) is 3. The molecule has 0 amide bonds. The van der Waals surface area contributed by atoms with Crippen molar-refractivity contribution in [3.63, 3.8) is 0 Å². The van der Waals surface area contributed by atoms with Crippen molar-refractivity contribution in [2.24, 2.45) is 0 Å². The molecule has 19 heavy (non-hydrogen) atoms. The zero-order valence-electron chi connectivity index (χ0n) is 11.8. The van der Waals surface area contributed by atoms with Crippen LogP contribution in [0.4, 0.5) is 5.13 Å². The van der Waals surface area contributed by atoms with E-state index in [-0.39, 0.29) is 0 Å². The van der Waals surface area contributed by atoms with Crippen molar-refractivity contribution < 1.29 is 0 Å². The van der Waals surface area contributed by atoms with Gasteiger partial charge in [0.1, 0.15) is 16.4 Å². The van der Waals surface area contributed by atoms with E-state index in [4.69, 9.17) is 0 Å². The molecule has 0 bridgehead atoms. The number of hydrogen-bond donors (Lipinski definition) is 1. The molecule has 2 heterocycles. The van der Waals surface area contributed by atoms with Crippen LogP contribution in [0.25, 0.3) is 11.4 Å². The molecule has 1 unspecified atom stereocenters. The summed E-state index contributed by atoms with van der Waals surface area (Å²) in [5.41, 5.74) is 1.95. The van der Waals surface area contributed by atoms with E-state index < -0.39 is 0 Å². The molecule has 1 N–H and O–H groups in total. The Kier molecular flexibility index (Phi) is 4.90. The van der Waals surface area contributed by atoms with Crippen LogP contribution < -0.4 is 5.32 Å². The first-order valence-electron chi connectivity index (χ1n) is 6.40. The summed E-state index contributed by atoms with van der Waals surface area (Å²) in [7, 11) is 4.11. The van der Waals surface area contributed by atoms with Crippen LogP contribution in [0.1, 0.15) is 25.3 Å². The van der Waals surface area contributed by atoms with Gasteiger partial charge in [0.05, 0.1) is 0 Å². The molecule has 6 heteroatoms. The van der Waals surface area contributed by atoms with E-state index in [1.165, 1.54) is 0 Å². The molecule has 0 aliphatic rings. The molecule has 2 rings (SSSR count). The van der Waals surface area contributed by atoms with E-state index in [1.807, 2.05) is 0 Å². The fourth-order valence-electron chi connectivity index (χ4n) is 1.54. The SMILES string of the molecule is CCC(C)Nc1nc(-c2csc(CN(C)C)n2)cs1. The van der Waals surface area contributed by atoms with Crippen molar-refractivity contribution in [2.75, 3.05) is 19.4 Å². The molecule has 104 valence electrons. The van der Waals surface area contributed by atoms with Crippen LogP contribution in [-0.2, 0) is 6.54 Å². The number of hydrogen-bond acceptors (Lipinski definition) is 6. The summed E-state index contributed by atoms with van der Waals surface area (Å²) in [6.45, 7) is 5.21. The lowest BCUT2D eigenvalue weighted by Crippen LogP contribution is -2.12. The molecule has 2 aromatic rings. The highest BCUT2D eigenvalue weighted by Gasteiger charge is 2.10. The molecule has 0 aromatic carbocycles. The van der Waals surface area contributed by atoms with Gasteiger partial charge in [0, 0.05) is 23.3 Å². The van der Waals surface area contributed by atoms with Gasteiger partial charge in [0.15, 0.2) is 5.13 Å². The molecular formula is C13H20N4S2. The topological polar surface area (TPSA) is 41.1 Å². The Balaban J connectivity index is 2.07. The molecule has 0 spiro atoms. The third kappa shape index (κ3) is 3.99. The van der Waals surface area contributed by atoms with Crippen molar-refractivity contribution in [2.45, 2.75) is 32.9 Å². The van der Waals surface area contributed by atoms with Crippen LogP contribution in [0, 0.1) is 0 Å². The second kappa shape index (κ2) is 6.45. The minimum Gasteiger partial charge on any atom is -0.359 e. The van der Waals surface area contributed by atoms with Crippen molar-refractivity contribution in [3.8, 4) is 11.4 Å². The average Bonchev–Trinajstić information content (AvgIpc) is 2.97. The third-order valence-corrected chi connectivity index (χ3v) is 4.36. The lowest BCUT2D eigenvalue weighted by atomic mass is 10.3. The smallest absolute Gasteiger partial charge is 0.183 e. The van der Waals surface area contributed by atoms with Gasteiger partial charge in [-0.2, -0.15) is 0 Å². The Labute approximate surface area is 122 Å². The summed E-state index contributed by atoms with van der Waals surface area (Å²) in [6, 6.07) is 0.457. The molecule has 0 saturated heterocycles. The monoisotopic (exact) mass is 296 g/mol. The normalized spacial score (nSPS) is 12.9. The Morgan fingerprint density at radius 3 is 2.58 bits per heavy atom. The Morgan fingerprint density at radius 2 is 1.89 bits per heavy atom. The summed E-state index contributed by atoms with van der Waals surface area (Å²) in [4.78, 5) is 11.3. The Morgan fingerprint density at radius 1 is 1.21 bits per heavy atom. The first-order valence-corrected chi connectivity index (χ1v) is 8.16. The van der Waals surface area contributed by atoms with Crippen molar-refractivity contribution in [3.05, 3.63) is 15.8 Å². The first kappa shape index (κ1) is 14.4. The second-order valence-corrected chi connectivity index (χ2v) is 6.66. The fourth-order valence-corrected chi connectivity index (χ4v) is 3.26. The van der Waals surface area contributed by atoms with E-state index >= 15 is 0 Å². The maximum atomic E-state index is 4.63. The third-order valence-electron chi connectivity index (χ3n) is 2.75. The van der Waals surface area contributed by atoms with Crippen molar-refractivity contribution >= 4 is 27.8 Å². The largest absolute Gasteiger partial charge is 0.359 e. The van der Waals surface area contributed by atoms with E-state index in [0.29, 0.717) is 6.04 Å². The van der Waals surface area contributed by atoms with E-state index in [1.54, 1.807) is 22.7 Å². The Bertz CT molecular complexity index is 518. The molecule has 0 radical (unpaired) electrons. The molecule has 0 aliphatic heterocycles. The van der Waals surface area contributed by atoms with Gasteiger partial charge < -0.3 is 10.2 Å². The van der Waals surface area contributed by atoms with E-state index in [0.717, 1.165) is 34.5 Å². The van der Waals surface area contributed by atoms with Gasteiger partial charge in [-0.1, -0.05) is 6.92 Å². The van der Waals surface area contributed by atoms with Crippen LogP contribution in [0.2, 0.25) is 0 Å². The highest BCUT2D eigenvalue weighted by atomic mass is 32.1. The highest BCUT2D eigenvalue weighted by molar-refractivity contribution is 7.14. The number of rotatable bonds is 6. The molecular weight excluding hydrogens is 276 g/mol. The lowest BCUT2D eigenvalue weighted by molar-refractivity contribution is 0.402. The Hall–Kier alpha value is -0.980. The summed E-state index contributed by atoms with van der Waals surface area (Å²) >= 11 is 3.34. The van der Waals surface area contributed by atoms with Crippen LogP contribution in [0.15, 0.2) is 10.8 Å². The van der Waals surface area contributed by atoms with Gasteiger partial charge in [-0.25, -0.2) is 9.97 Å². The van der Waals surface area contributed by atoms with Crippen molar-refractivity contribution in [1.29, 1.82) is 0 Å². The standard InChI is InChI=1S/C13H20N4S2/c1-5-9(2)14-13-16-11(8-19-13)10-7-18-12(15-10)6-17(3)4/h7-9H,5-6H2,1-4H3,(H,14,16). The summed E-state index contributed by atoms with van der Waals surface area (Å²) in [6.07, 6.45) is 1.10. The molecule has 0 fully saturated rings. The van der Waals surface area contributed by atoms with Crippen LogP contribution in [-0.4, -0.2) is 35.0 Å². The minimum absolute atomic E-state index is 0.457. The van der Waals surface area contributed by atoms with Crippen molar-refractivity contribution in [1.82, 2.24) is 14.9 Å². The maximum absolute atomic E-state index is 4.63. The first-order chi connectivity index (χ1) is 9.08. The van der Waals surface area contributed by atoms with Crippen LogP contribution >= 0.6 is 22.7 Å². The van der Waals surface area contributed by atoms with Gasteiger partial charge in [0.25, 0.3) is 0 Å². The summed E-state index contributed by atoms with van der Waals surface area (Å²) < 4.78 is 0. The average molecular weight is 296 g/mol. The second-order valence-electron chi connectivity index (χ2n) is 4.86. The summed E-state index contributed by atoms with van der Waals surface area (Å²) in [5, 5.41) is 9.66. The van der Waals surface area contributed by atoms with Gasteiger partial charge in [-0.15, -0.1) is 22.7 Å². The van der Waals surface area contributed by atoms with Gasteiger partial charge in [0.2, 0.25) is 0 Å². The minimum atomic E-state index is 0.457. The van der Waals surface area contributed by atoms with Gasteiger partial charge >= 0.3 is 0 Å². The lowest BCUT2D eigenvalue weighted by Gasteiger charge is -2.08. The molecule has 0 saturated carbocycles. The van der Waals surface area contributed by atoms with Crippen LogP contribution in [0.5, 0.6) is 0 Å². The number of thiazole rings is 2. The molecule has 1 atom stereocenters. The van der Waals surface area contributed by atoms with Crippen LogP contribution in [0.3, 0.4) is 0 Å². The summed E-state index contributed by atoms with van der Waals surface area (Å²) in [5.74, 6) is 0. The zero-order chi connectivity index (χ0) is 13.8. The predicted octanol–water partition coefficient (Wildman–Crippen LogP) is 3.54. The van der Waals surface area contributed by atoms with Gasteiger partial charge in [-0.05, 0) is 27.4 Å². The van der Waals surface area contributed by atoms with Gasteiger partial charge in [-0.3, -0.25) is 0 Å². The van der Waals surface area contributed by atoms with E-state index in [2.05, 4.69) is 58.9 Å². The predicted molar refractivity (Wildman–Crippen MR) is 84.0 cm³/mol. The number of nitrogens with one attached hydrogen (secondary N) is 1. The maximum Gasteiger partial charge on any atom is 0.183 e. The molecule has 4 nitrogen and oxygen atoms in total. The molecule has 0 aliphatic carbocycles.